The van der Waals surface area contributed by atoms with Crippen molar-refractivity contribution in [2.24, 2.45) is 0 Å². The number of halogens is 2. The summed E-state index contributed by atoms with van der Waals surface area (Å²) in [5.74, 6) is 0.0654. The van der Waals surface area contributed by atoms with Gasteiger partial charge in [-0.25, -0.2) is 8.42 Å². The molecule has 1 fully saturated rings. The average Bonchev–Trinajstić information content (AvgIpc) is 3.16. The number of carbonyl (C=O) groups is 1. The molecule has 1 aliphatic heterocycles. The number of benzene rings is 2. The van der Waals surface area contributed by atoms with Crippen molar-refractivity contribution in [2.75, 3.05) is 23.1 Å². The molecule has 3 rings (SSSR count). The molecule has 6 nitrogen and oxygen atoms in total. The lowest BCUT2D eigenvalue weighted by atomic mass is 10.2. The number of anilines is 2. The van der Waals surface area contributed by atoms with Crippen molar-refractivity contribution in [1.82, 2.24) is 4.90 Å². The van der Waals surface area contributed by atoms with E-state index in [2.05, 4.69) is 10.0 Å². The highest BCUT2D eigenvalue weighted by molar-refractivity contribution is 7.93. The van der Waals surface area contributed by atoms with Crippen molar-refractivity contribution in [3.05, 3.63) is 52.5 Å². The zero-order chi connectivity index (χ0) is 20.3. The third-order valence-electron chi connectivity index (χ3n) is 4.50. The van der Waals surface area contributed by atoms with E-state index in [0.717, 1.165) is 31.6 Å². The molecule has 2 aromatic carbocycles. The van der Waals surface area contributed by atoms with Crippen molar-refractivity contribution in [3.63, 3.8) is 0 Å². The van der Waals surface area contributed by atoms with Crippen molar-refractivity contribution in [3.8, 4) is 0 Å². The second-order valence-corrected chi connectivity index (χ2v) is 9.07. The van der Waals surface area contributed by atoms with E-state index in [1.54, 1.807) is 30.3 Å². The van der Waals surface area contributed by atoms with Crippen LogP contribution in [0.4, 0.5) is 11.4 Å². The molecular weight excluding hydrogens is 421 g/mol. The first-order valence-corrected chi connectivity index (χ1v) is 11.1. The van der Waals surface area contributed by atoms with Crippen LogP contribution in [0.3, 0.4) is 0 Å². The van der Waals surface area contributed by atoms with Crippen LogP contribution in [0.2, 0.25) is 10.0 Å². The summed E-state index contributed by atoms with van der Waals surface area (Å²) < 4.78 is 27.7. The smallest absolute Gasteiger partial charge is 0.264 e. The van der Waals surface area contributed by atoms with Crippen LogP contribution in [0, 0.1) is 0 Å². The zero-order valence-electron chi connectivity index (χ0n) is 15.3. The lowest BCUT2D eigenvalue weighted by molar-refractivity contribution is -0.130. The van der Waals surface area contributed by atoms with Crippen LogP contribution in [0.5, 0.6) is 0 Å². The standard InChI is InChI=1S/C19H21Cl2N3O3S/c1-13(19(25)24-11-2-3-12-24)22-14-7-9-15(10-8-14)23-28(26,27)18-16(20)5-4-6-17(18)21/h4-10,13,22-23H,2-3,11-12H2,1H3/t13-/m0/s1. The molecule has 28 heavy (non-hydrogen) atoms. The maximum atomic E-state index is 12.6. The summed E-state index contributed by atoms with van der Waals surface area (Å²) in [6.45, 7) is 3.42. The molecule has 0 unspecified atom stereocenters. The van der Waals surface area contributed by atoms with Gasteiger partial charge in [-0.3, -0.25) is 9.52 Å². The van der Waals surface area contributed by atoms with Crippen molar-refractivity contribution in [2.45, 2.75) is 30.7 Å². The second kappa shape index (κ2) is 8.59. The zero-order valence-corrected chi connectivity index (χ0v) is 17.6. The largest absolute Gasteiger partial charge is 0.374 e. The molecule has 2 aromatic rings. The van der Waals surface area contributed by atoms with Crippen LogP contribution >= 0.6 is 23.2 Å². The van der Waals surface area contributed by atoms with Crippen LogP contribution in [0.15, 0.2) is 47.4 Å². The number of hydrogen-bond donors (Lipinski definition) is 2. The summed E-state index contributed by atoms with van der Waals surface area (Å²) in [6.07, 6.45) is 2.09. The number of amides is 1. The number of likely N-dealkylation sites (tertiary alicyclic amines) is 1. The van der Waals surface area contributed by atoms with Crippen LogP contribution in [-0.2, 0) is 14.8 Å². The van der Waals surface area contributed by atoms with E-state index < -0.39 is 10.0 Å². The Morgan fingerprint density at radius 1 is 1.00 bits per heavy atom. The van der Waals surface area contributed by atoms with E-state index in [1.807, 2.05) is 11.8 Å². The first-order valence-electron chi connectivity index (χ1n) is 8.90. The van der Waals surface area contributed by atoms with Gasteiger partial charge in [-0.1, -0.05) is 29.3 Å². The molecule has 1 heterocycles. The van der Waals surface area contributed by atoms with Crippen LogP contribution in [0.1, 0.15) is 19.8 Å². The molecule has 2 N–H and O–H groups in total. The molecule has 150 valence electrons. The fourth-order valence-electron chi connectivity index (χ4n) is 3.10. The fourth-order valence-corrected chi connectivity index (χ4v) is 5.31. The number of nitrogens with zero attached hydrogens (tertiary/aromatic N) is 1. The minimum atomic E-state index is -3.93. The maximum Gasteiger partial charge on any atom is 0.264 e. The molecule has 1 aliphatic rings. The first-order chi connectivity index (χ1) is 13.3. The van der Waals surface area contributed by atoms with Crippen molar-refractivity contribution in [1.29, 1.82) is 0 Å². The Labute approximate surface area is 174 Å². The highest BCUT2D eigenvalue weighted by atomic mass is 35.5. The summed E-state index contributed by atoms with van der Waals surface area (Å²) in [7, 11) is -3.93. The predicted octanol–water partition coefficient (Wildman–Crippen LogP) is 4.22. The van der Waals surface area contributed by atoms with E-state index in [9.17, 15) is 13.2 Å². The molecule has 1 saturated heterocycles. The average molecular weight is 442 g/mol. The van der Waals surface area contributed by atoms with Gasteiger partial charge in [0.05, 0.1) is 10.0 Å². The Bertz CT molecular complexity index is 939. The molecule has 1 amide bonds. The summed E-state index contributed by atoms with van der Waals surface area (Å²) >= 11 is 12.0. The van der Waals surface area contributed by atoms with E-state index >= 15 is 0 Å². The van der Waals surface area contributed by atoms with Gasteiger partial charge in [0.15, 0.2) is 0 Å². The van der Waals surface area contributed by atoms with Crippen molar-refractivity contribution >= 4 is 50.5 Å². The summed E-state index contributed by atoms with van der Waals surface area (Å²) in [4.78, 5) is 14.1. The van der Waals surface area contributed by atoms with Gasteiger partial charge >= 0.3 is 0 Å². The number of hydrogen-bond acceptors (Lipinski definition) is 4. The maximum absolute atomic E-state index is 12.6. The molecule has 0 aromatic heterocycles. The summed E-state index contributed by atoms with van der Waals surface area (Å²) in [5.41, 5.74) is 1.08. The topological polar surface area (TPSA) is 78.5 Å². The Balaban J connectivity index is 1.68. The SMILES string of the molecule is C[C@H](Nc1ccc(NS(=O)(=O)c2c(Cl)cccc2Cl)cc1)C(=O)N1CCCC1. The van der Waals surface area contributed by atoms with Crippen LogP contribution in [-0.4, -0.2) is 38.4 Å². The highest BCUT2D eigenvalue weighted by Gasteiger charge is 2.24. The van der Waals surface area contributed by atoms with E-state index in [4.69, 9.17) is 23.2 Å². The predicted molar refractivity (Wildman–Crippen MR) is 113 cm³/mol. The number of rotatable bonds is 6. The van der Waals surface area contributed by atoms with Gasteiger partial charge in [-0.2, -0.15) is 0 Å². The molecular formula is C19H21Cl2N3O3S. The lowest BCUT2D eigenvalue weighted by Crippen LogP contribution is -2.39. The van der Waals surface area contributed by atoms with Gasteiger partial charge in [0, 0.05) is 24.5 Å². The van der Waals surface area contributed by atoms with Gasteiger partial charge < -0.3 is 10.2 Å². The molecule has 0 saturated carbocycles. The van der Waals surface area contributed by atoms with Crippen LogP contribution in [0.25, 0.3) is 0 Å². The molecule has 0 spiro atoms. The molecule has 0 bridgehead atoms. The normalized spacial score (nSPS) is 15.3. The third kappa shape index (κ3) is 4.71. The minimum absolute atomic E-state index is 0.0486. The molecule has 0 radical (unpaired) electrons. The van der Waals surface area contributed by atoms with E-state index in [0.29, 0.717) is 5.69 Å². The number of nitrogens with one attached hydrogen (secondary N) is 2. The Morgan fingerprint density at radius 2 is 1.54 bits per heavy atom. The lowest BCUT2D eigenvalue weighted by Gasteiger charge is -2.22. The fraction of sp³-hybridized carbons (Fsp3) is 0.316. The quantitative estimate of drug-likeness (QED) is 0.703. The van der Waals surface area contributed by atoms with Crippen molar-refractivity contribution < 1.29 is 13.2 Å². The summed E-state index contributed by atoms with van der Waals surface area (Å²) in [5, 5.41) is 3.25. The monoisotopic (exact) mass is 441 g/mol. The number of carbonyl (C=O) groups excluding carboxylic acids is 1. The first kappa shape index (κ1) is 20.8. The minimum Gasteiger partial charge on any atom is -0.374 e. The van der Waals surface area contributed by atoms with Gasteiger partial charge in [-0.15, -0.1) is 0 Å². The second-order valence-electron chi connectivity index (χ2n) is 6.63. The van der Waals surface area contributed by atoms with Crippen LogP contribution < -0.4 is 10.0 Å². The Hall–Kier alpha value is -1.96. The Kier molecular flexibility index (Phi) is 6.37. The van der Waals surface area contributed by atoms with Gasteiger partial charge in [-0.05, 0) is 56.2 Å². The summed E-state index contributed by atoms with van der Waals surface area (Å²) in [6, 6.07) is 10.8. The van der Waals surface area contributed by atoms with Gasteiger partial charge in [0.1, 0.15) is 10.9 Å². The molecule has 9 heteroatoms. The third-order valence-corrected chi connectivity index (χ3v) is 6.83. The van der Waals surface area contributed by atoms with E-state index in [-0.39, 0.29) is 26.9 Å². The van der Waals surface area contributed by atoms with Gasteiger partial charge in [0.25, 0.3) is 10.0 Å². The molecule has 0 aliphatic carbocycles. The van der Waals surface area contributed by atoms with Gasteiger partial charge in [0.2, 0.25) is 5.91 Å². The molecule has 1 atom stereocenters. The Morgan fingerprint density at radius 3 is 2.11 bits per heavy atom. The van der Waals surface area contributed by atoms with E-state index in [1.165, 1.54) is 12.1 Å². The number of sulfonamides is 1. The highest BCUT2D eigenvalue weighted by Crippen LogP contribution is 2.30.